The molecule has 0 saturated heterocycles. The SMILES string of the molecule is CNC(Cc1ccc(Cl)c(F)c1)C(C)(C)S(C)(=O)=O. The van der Waals surface area contributed by atoms with E-state index in [1.54, 1.807) is 27.0 Å². The highest BCUT2D eigenvalue weighted by molar-refractivity contribution is 7.92. The van der Waals surface area contributed by atoms with Crippen LogP contribution in [-0.4, -0.2) is 32.5 Å². The molecule has 0 aromatic heterocycles. The number of nitrogens with one attached hydrogen (secondary N) is 1. The van der Waals surface area contributed by atoms with Gasteiger partial charge in [0.05, 0.1) is 9.77 Å². The molecule has 0 saturated carbocycles. The lowest BCUT2D eigenvalue weighted by Crippen LogP contribution is -2.51. The average molecular weight is 308 g/mol. The molecule has 0 amide bonds. The molecule has 0 aliphatic carbocycles. The molecule has 6 heteroatoms. The molecule has 0 spiro atoms. The van der Waals surface area contributed by atoms with E-state index in [0.717, 1.165) is 0 Å². The first-order valence-corrected chi connectivity index (χ1v) is 8.17. The molecule has 1 rings (SSSR count). The molecule has 1 unspecified atom stereocenters. The first-order valence-electron chi connectivity index (χ1n) is 5.90. The van der Waals surface area contributed by atoms with E-state index in [1.807, 2.05) is 0 Å². The van der Waals surface area contributed by atoms with Gasteiger partial charge in [0.1, 0.15) is 5.82 Å². The lowest BCUT2D eigenvalue weighted by Gasteiger charge is -2.32. The number of hydrogen-bond donors (Lipinski definition) is 1. The Balaban J connectivity index is 3.03. The molecule has 0 aliphatic rings. The van der Waals surface area contributed by atoms with Crippen molar-refractivity contribution in [3.05, 3.63) is 34.6 Å². The van der Waals surface area contributed by atoms with Gasteiger partial charge in [-0.15, -0.1) is 0 Å². The second-order valence-corrected chi connectivity index (χ2v) is 8.17. The minimum atomic E-state index is -3.23. The molecular weight excluding hydrogens is 289 g/mol. The van der Waals surface area contributed by atoms with Crippen molar-refractivity contribution in [3.8, 4) is 0 Å². The maximum Gasteiger partial charge on any atom is 0.154 e. The van der Waals surface area contributed by atoms with Crippen LogP contribution in [0.4, 0.5) is 4.39 Å². The molecule has 1 atom stereocenters. The van der Waals surface area contributed by atoms with Gasteiger partial charge < -0.3 is 5.32 Å². The number of halogens is 2. The third kappa shape index (κ3) is 3.68. The van der Waals surface area contributed by atoms with Crippen LogP contribution in [-0.2, 0) is 16.3 Å². The van der Waals surface area contributed by atoms with Crippen molar-refractivity contribution in [1.29, 1.82) is 0 Å². The molecule has 1 N–H and O–H groups in total. The van der Waals surface area contributed by atoms with Crippen LogP contribution >= 0.6 is 11.6 Å². The maximum atomic E-state index is 13.4. The number of benzene rings is 1. The van der Waals surface area contributed by atoms with E-state index in [2.05, 4.69) is 5.32 Å². The standard InChI is InChI=1S/C13H19ClFNO2S/c1-13(2,19(4,17)18)12(16-3)8-9-5-6-10(14)11(15)7-9/h5-7,12,16H,8H2,1-4H3. The fraction of sp³-hybridized carbons (Fsp3) is 0.538. The summed E-state index contributed by atoms with van der Waals surface area (Å²) in [6.45, 7) is 3.32. The van der Waals surface area contributed by atoms with Crippen LogP contribution in [0.3, 0.4) is 0 Å². The Morgan fingerprint density at radius 2 is 2.00 bits per heavy atom. The molecule has 19 heavy (non-hydrogen) atoms. The van der Waals surface area contributed by atoms with Gasteiger partial charge in [0.2, 0.25) is 0 Å². The molecule has 3 nitrogen and oxygen atoms in total. The zero-order chi connectivity index (χ0) is 14.8. The number of likely N-dealkylation sites (N-methyl/N-ethyl adjacent to an activating group) is 1. The number of hydrogen-bond acceptors (Lipinski definition) is 3. The highest BCUT2D eigenvalue weighted by atomic mass is 35.5. The average Bonchev–Trinajstić information content (AvgIpc) is 2.28. The van der Waals surface area contributed by atoms with Crippen LogP contribution in [0.2, 0.25) is 5.02 Å². The zero-order valence-corrected chi connectivity index (χ0v) is 13.1. The van der Waals surface area contributed by atoms with Gasteiger partial charge in [0.15, 0.2) is 9.84 Å². The van der Waals surface area contributed by atoms with E-state index in [4.69, 9.17) is 11.6 Å². The predicted octanol–water partition coefficient (Wildman–Crippen LogP) is 2.43. The Morgan fingerprint density at radius 3 is 2.42 bits per heavy atom. The predicted molar refractivity (Wildman–Crippen MR) is 76.9 cm³/mol. The molecule has 0 radical (unpaired) electrons. The molecule has 0 aliphatic heterocycles. The van der Waals surface area contributed by atoms with Crippen molar-refractivity contribution in [3.63, 3.8) is 0 Å². The number of rotatable bonds is 5. The fourth-order valence-electron chi connectivity index (χ4n) is 1.86. The second-order valence-electron chi connectivity index (χ2n) is 5.17. The van der Waals surface area contributed by atoms with Crippen LogP contribution in [0.15, 0.2) is 18.2 Å². The molecule has 1 aromatic carbocycles. The third-order valence-electron chi connectivity index (χ3n) is 3.57. The van der Waals surface area contributed by atoms with E-state index < -0.39 is 20.4 Å². The summed E-state index contributed by atoms with van der Waals surface area (Å²) < 4.78 is 36.1. The minimum absolute atomic E-state index is 0.0622. The van der Waals surface area contributed by atoms with Gasteiger partial charge >= 0.3 is 0 Å². The van der Waals surface area contributed by atoms with Gasteiger partial charge in [-0.25, -0.2) is 12.8 Å². The summed E-state index contributed by atoms with van der Waals surface area (Å²) in [5.41, 5.74) is 0.706. The molecule has 0 bridgehead atoms. The summed E-state index contributed by atoms with van der Waals surface area (Å²) >= 11 is 5.63. The third-order valence-corrected chi connectivity index (χ3v) is 6.07. The van der Waals surface area contributed by atoms with E-state index in [0.29, 0.717) is 12.0 Å². The highest BCUT2D eigenvalue weighted by Gasteiger charge is 2.38. The van der Waals surface area contributed by atoms with Crippen LogP contribution in [0.25, 0.3) is 0 Å². The number of sulfone groups is 1. The van der Waals surface area contributed by atoms with Crippen LogP contribution in [0.5, 0.6) is 0 Å². The Morgan fingerprint density at radius 1 is 1.42 bits per heavy atom. The van der Waals surface area contributed by atoms with Crippen LogP contribution < -0.4 is 5.32 Å². The van der Waals surface area contributed by atoms with Crippen molar-refractivity contribution in [2.75, 3.05) is 13.3 Å². The van der Waals surface area contributed by atoms with Gasteiger partial charge in [-0.1, -0.05) is 17.7 Å². The Bertz CT molecular complexity index is 558. The molecular formula is C13H19ClFNO2S. The Labute approximate surface area is 119 Å². The normalized spacial score (nSPS) is 14.4. The first kappa shape index (κ1) is 16.4. The first-order chi connectivity index (χ1) is 8.59. The van der Waals surface area contributed by atoms with E-state index in [1.165, 1.54) is 18.4 Å². The van der Waals surface area contributed by atoms with Crippen LogP contribution in [0, 0.1) is 5.82 Å². The molecule has 1 aromatic rings. The van der Waals surface area contributed by atoms with Gasteiger partial charge in [-0.2, -0.15) is 0 Å². The monoisotopic (exact) mass is 307 g/mol. The van der Waals surface area contributed by atoms with Gasteiger partial charge in [0.25, 0.3) is 0 Å². The summed E-state index contributed by atoms with van der Waals surface area (Å²) in [5.74, 6) is -0.494. The topological polar surface area (TPSA) is 46.2 Å². The largest absolute Gasteiger partial charge is 0.315 e. The maximum absolute atomic E-state index is 13.4. The quantitative estimate of drug-likeness (QED) is 0.909. The van der Waals surface area contributed by atoms with E-state index >= 15 is 0 Å². The summed E-state index contributed by atoms with van der Waals surface area (Å²) in [7, 11) is -1.54. The lowest BCUT2D eigenvalue weighted by atomic mass is 9.95. The lowest BCUT2D eigenvalue weighted by molar-refractivity contribution is 0.430. The van der Waals surface area contributed by atoms with Crippen LogP contribution in [0.1, 0.15) is 19.4 Å². The summed E-state index contributed by atoms with van der Waals surface area (Å²) in [6, 6.07) is 4.20. The fourth-order valence-corrected chi connectivity index (χ4v) is 2.69. The highest BCUT2D eigenvalue weighted by Crippen LogP contribution is 2.24. The summed E-state index contributed by atoms with van der Waals surface area (Å²) in [6.07, 6.45) is 1.62. The molecule has 0 fully saturated rings. The van der Waals surface area contributed by atoms with E-state index in [-0.39, 0.29) is 11.1 Å². The van der Waals surface area contributed by atoms with Gasteiger partial charge in [-0.05, 0) is 45.0 Å². The Hall–Kier alpha value is -0.650. The van der Waals surface area contributed by atoms with Crippen molar-refractivity contribution < 1.29 is 12.8 Å². The molecule has 108 valence electrons. The van der Waals surface area contributed by atoms with Crippen molar-refractivity contribution >= 4 is 21.4 Å². The smallest absolute Gasteiger partial charge is 0.154 e. The zero-order valence-electron chi connectivity index (χ0n) is 11.5. The van der Waals surface area contributed by atoms with Crippen molar-refractivity contribution in [2.24, 2.45) is 0 Å². The Kier molecular flexibility index (Phi) is 4.98. The summed E-state index contributed by atoms with van der Waals surface area (Å²) in [4.78, 5) is 0. The van der Waals surface area contributed by atoms with Gasteiger partial charge in [-0.3, -0.25) is 0 Å². The van der Waals surface area contributed by atoms with Crippen molar-refractivity contribution in [2.45, 2.75) is 31.1 Å². The van der Waals surface area contributed by atoms with E-state index in [9.17, 15) is 12.8 Å². The second kappa shape index (κ2) is 5.77. The molecule has 0 heterocycles. The van der Waals surface area contributed by atoms with Gasteiger partial charge in [0, 0.05) is 12.3 Å². The summed E-state index contributed by atoms with van der Waals surface area (Å²) in [5, 5.41) is 3.06. The minimum Gasteiger partial charge on any atom is -0.315 e. The van der Waals surface area contributed by atoms with Crippen molar-refractivity contribution in [1.82, 2.24) is 5.32 Å².